The summed E-state index contributed by atoms with van der Waals surface area (Å²) in [5.74, 6) is 0.710. The van der Waals surface area contributed by atoms with Crippen molar-refractivity contribution in [1.29, 1.82) is 0 Å². The second-order valence-corrected chi connectivity index (χ2v) is 6.06. The average Bonchev–Trinajstić information content (AvgIpc) is 2.39. The van der Waals surface area contributed by atoms with Crippen molar-refractivity contribution < 1.29 is 0 Å². The van der Waals surface area contributed by atoms with E-state index in [0.29, 0.717) is 22.5 Å². The third-order valence-corrected chi connectivity index (χ3v) is 3.62. The lowest BCUT2D eigenvalue weighted by molar-refractivity contribution is 0.366. The molecule has 2 rings (SSSR count). The van der Waals surface area contributed by atoms with Crippen LogP contribution in [-0.2, 0) is 0 Å². The summed E-state index contributed by atoms with van der Waals surface area (Å²) < 4.78 is 0. The number of nitrogens with one attached hydrogen (secondary N) is 1. The molecule has 88 valence electrons. The van der Waals surface area contributed by atoms with Crippen LogP contribution in [0.3, 0.4) is 0 Å². The molecule has 0 aliphatic heterocycles. The quantitative estimate of drug-likeness (QED) is 0.789. The molecule has 0 amide bonds. The monoisotopic (exact) mass is 238 g/mol. The maximum absolute atomic E-state index is 5.87. The van der Waals surface area contributed by atoms with Crippen molar-refractivity contribution in [2.45, 2.75) is 39.7 Å². The second-order valence-electron chi connectivity index (χ2n) is 5.67. The van der Waals surface area contributed by atoms with Gasteiger partial charge in [0.05, 0.1) is 0 Å². The van der Waals surface area contributed by atoms with E-state index < -0.39 is 0 Å². The van der Waals surface area contributed by atoms with Gasteiger partial charge in [-0.25, -0.2) is 4.98 Å². The standard InChI is InChI=1S/C13H19ClN2/c1-9-7-13(2,3)8-11(9)16-10-4-5-15-12(14)6-10/h4-6,9,11H,7-8H2,1-3H3,(H,15,16). The molecule has 1 aromatic rings. The van der Waals surface area contributed by atoms with E-state index in [4.69, 9.17) is 11.6 Å². The van der Waals surface area contributed by atoms with E-state index in [1.807, 2.05) is 12.1 Å². The normalized spacial score (nSPS) is 28.0. The third-order valence-electron chi connectivity index (χ3n) is 3.41. The number of pyridine rings is 1. The topological polar surface area (TPSA) is 24.9 Å². The first-order valence-electron chi connectivity index (χ1n) is 5.84. The first-order valence-corrected chi connectivity index (χ1v) is 6.22. The molecule has 2 atom stereocenters. The molecule has 0 saturated heterocycles. The summed E-state index contributed by atoms with van der Waals surface area (Å²) in [5.41, 5.74) is 1.53. The van der Waals surface area contributed by atoms with Gasteiger partial charge in [-0.2, -0.15) is 0 Å². The number of nitrogens with zero attached hydrogens (tertiary/aromatic N) is 1. The summed E-state index contributed by atoms with van der Waals surface area (Å²) in [7, 11) is 0. The highest BCUT2D eigenvalue weighted by Crippen LogP contribution is 2.42. The van der Waals surface area contributed by atoms with Gasteiger partial charge in [0.1, 0.15) is 5.15 Å². The van der Waals surface area contributed by atoms with Crippen LogP contribution < -0.4 is 5.32 Å². The minimum Gasteiger partial charge on any atom is -0.382 e. The van der Waals surface area contributed by atoms with Crippen LogP contribution in [0.25, 0.3) is 0 Å². The molecule has 3 heteroatoms. The van der Waals surface area contributed by atoms with Gasteiger partial charge in [-0.1, -0.05) is 32.4 Å². The summed E-state index contributed by atoms with van der Waals surface area (Å²) in [6, 6.07) is 4.41. The molecule has 1 aliphatic carbocycles. The van der Waals surface area contributed by atoms with Crippen LogP contribution in [0.4, 0.5) is 5.69 Å². The van der Waals surface area contributed by atoms with Gasteiger partial charge in [0.2, 0.25) is 0 Å². The van der Waals surface area contributed by atoms with E-state index >= 15 is 0 Å². The molecule has 16 heavy (non-hydrogen) atoms. The van der Waals surface area contributed by atoms with Crippen LogP contribution in [0.2, 0.25) is 5.15 Å². The van der Waals surface area contributed by atoms with Crippen LogP contribution in [0.15, 0.2) is 18.3 Å². The van der Waals surface area contributed by atoms with Crippen molar-refractivity contribution >= 4 is 17.3 Å². The summed E-state index contributed by atoms with van der Waals surface area (Å²) in [4.78, 5) is 3.99. The fourth-order valence-electron chi connectivity index (χ4n) is 2.79. The molecule has 0 spiro atoms. The van der Waals surface area contributed by atoms with E-state index in [9.17, 15) is 0 Å². The van der Waals surface area contributed by atoms with Crippen molar-refractivity contribution in [1.82, 2.24) is 4.98 Å². The summed E-state index contributed by atoms with van der Waals surface area (Å²) >= 11 is 5.87. The Kier molecular flexibility index (Phi) is 3.11. The Morgan fingerprint density at radius 2 is 2.19 bits per heavy atom. The Labute approximate surface area is 102 Å². The zero-order valence-electron chi connectivity index (χ0n) is 10.1. The van der Waals surface area contributed by atoms with E-state index in [2.05, 4.69) is 31.1 Å². The number of hydrogen-bond acceptors (Lipinski definition) is 2. The fourth-order valence-corrected chi connectivity index (χ4v) is 2.97. The van der Waals surface area contributed by atoms with Crippen LogP contribution in [0, 0.1) is 11.3 Å². The Hall–Kier alpha value is -0.760. The number of hydrogen-bond donors (Lipinski definition) is 1. The summed E-state index contributed by atoms with van der Waals surface area (Å²) in [6.07, 6.45) is 4.24. The van der Waals surface area contributed by atoms with Gasteiger partial charge in [-0.05, 0) is 36.3 Å². The Morgan fingerprint density at radius 1 is 1.44 bits per heavy atom. The van der Waals surface area contributed by atoms with Crippen LogP contribution in [0.5, 0.6) is 0 Å². The van der Waals surface area contributed by atoms with Gasteiger partial charge in [-0.3, -0.25) is 0 Å². The first-order chi connectivity index (χ1) is 7.46. The van der Waals surface area contributed by atoms with Crippen molar-refractivity contribution in [3.05, 3.63) is 23.5 Å². The second kappa shape index (κ2) is 4.25. The Morgan fingerprint density at radius 3 is 2.75 bits per heavy atom. The number of aromatic nitrogens is 1. The van der Waals surface area contributed by atoms with Crippen molar-refractivity contribution in [2.75, 3.05) is 5.32 Å². The Bertz CT molecular complexity index is 376. The summed E-state index contributed by atoms with van der Waals surface area (Å²) in [6.45, 7) is 6.99. The maximum atomic E-state index is 5.87. The molecule has 2 unspecified atom stereocenters. The van der Waals surface area contributed by atoms with E-state index in [-0.39, 0.29) is 0 Å². The lowest BCUT2D eigenvalue weighted by Gasteiger charge is -2.19. The number of anilines is 1. The van der Waals surface area contributed by atoms with Crippen LogP contribution in [0.1, 0.15) is 33.6 Å². The van der Waals surface area contributed by atoms with Gasteiger partial charge >= 0.3 is 0 Å². The molecule has 0 bridgehead atoms. The molecular formula is C13H19ClN2. The molecule has 1 aliphatic rings. The molecule has 1 saturated carbocycles. The highest BCUT2D eigenvalue weighted by molar-refractivity contribution is 6.29. The molecule has 1 heterocycles. The van der Waals surface area contributed by atoms with Gasteiger partial charge in [0.15, 0.2) is 0 Å². The van der Waals surface area contributed by atoms with Crippen molar-refractivity contribution in [3.63, 3.8) is 0 Å². The molecule has 0 radical (unpaired) electrons. The number of halogens is 1. The largest absolute Gasteiger partial charge is 0.382 e. The predicted octanol–water partition coefficient (Wildman–Crippen LogP) is 3.97. The molecule has 1 fully saturated rings. The minimum atomic E-state index is 0.452. The van der Waals surface area contributed by atoms with Crippen molar-refractivity contribution in [3.8, 4) is 0 Å². The minimum absolute atomic E-state index is 0.452. The highest BCUT2D eigenvalue weighted by atomic mass is 35.5. The first kappa shape index (κ1) is 11.7. The molecular weight excluding hydrogens is 220 g/mol. The van der Waals surface area contributed by atoms with E-state index in [1.165, 1.54) is 12.8 Å². The molecule has 1 aromatic heterocycles. The maximum Gasteiger partial charge on any atom is 0.131 e. The van der Waals surface area contributed by atoms with Gasteiger partial charge in [0, 0.05) is 17.9 Å². The van der Waals surface area contributed by atoms with Gasteiger partial charge in [-0.15, -0.1) is 0 Å². The summed E-state index contributed by atoms with van der Waals surface area (Å²) in [5, 5.41) is 4.11. The highest BCUT2D eigenvalue weighted by Gasteiger charge is 2.36. The smallest absolute Gasteiger partial charge is 0.131 e. The third kappa shape index (κ3) is 2.67. The zero-order valence-corrected chi connectivity index (χ0v) is 10.9. The number of rotatable bonds is 2. The Balaban J connectivity index is 2.06. The lowest BCUT2D eigenvalue weighted by atomic mass is 9.91. The zero-order chi connectivity index (χ0) is 11.8. The van der Waals surface area contributed by atoms with Crippen LogP contribution >= 0.6 is 11.6 Å². The van der Waals surface area contributed by atoms with Gasteiger partial charge < -0.3 is 5.32 Å². The average molecular weight is 239 g/mol. The van der Waals surface area contributed by atoms with Crippen molar-refractivity contribution in [2.24, 2.45) is 11.3 Å². The SMILES string of the molecule is CC1CC(C)(C)CC1Nc1ccnc(Cl)c1. The molecule has 1 N–H and O–H groups in total. The van der Waals surface area contributed by atoms with E-state index in [1.54, 1.807) is 6.20 Å². The fraction of sp³-hybridized carbons (Fsp3) is 0.615. The molecule has 0 aromatic carbocycles. The molecule has 2 nitrogen and oxygen atoms in total. The van der Waals surface area contributed by atoms with Crippen LogP contribution in [-0.4, -0.2) is 11.0 Å². The van der Waals surface area contributed by atoms with Gasteiger partial charge in [0.25, 0.3) is 0 Å². The van der Waals surface area contributed by atoms with E-state index in [0.717, 1.165) is 5.69 Å². The lowest BCUT2D eigenvalue weighted by Crippen LogP contribution is -2.22. The predicted molar refractivity (Wildman–Crippen MR) is 68.8 cm³/mol.